The molecule has 4 nitrogen and oxygen atoms in total. The number of halogens is 3. The van der Waals surface area contributed by atoms with Crippen LogP contribution >= 0.6 is 0 Å². The fraction of sp³-hybridized carbons (Fsp3) is 0.438. The molecular weight excluding hydrogens is 307 g/mol. The van der Waals surface area contributed by atoms with E-state index in [1.165, 1.54) is 12.1 Å². The largest absolute Gasteiger partial charge is 0.416 e. The number of β-amino-alcohol motifs (C(OH)–C–C–N with tert-alkyl or cyclic N) is 1. The predicted molar refractivity (Wildman–Crippen MR) is 78.4 cm³/mol. The van der Waals surface area contributed by atoms with Crippen LogP contribution in [0.15, 0.2) is 36.5 Å². The highest BCUT2D eigenvalue weighted by Gasteiger charge is 2.34. The summed E-state index contributed by atoms with van der Waals surface area (Å²) in [5.74, 6) is 0. The smallest absolute Gasteiger partial charge is 0.392 e. The summed E-state index contributed by atoms with van der Waals surface area (Å²) in [5, 5.41) is 14.3. The van der Waals surface area contributed by atoms with E-state index in [-0.39, 0.29) is 6.04 Å². The molecule has 124 valence electrons. The molecule has 0 saturated carbocycles. The Morgan fingerprint density at radius 1 is 1.22 bits per heavy atom. The molecule has 2 atom stereocenters. The Morgan fingerprint density at radius 3 is 2.48 bits per heavy atom. The number of likely N-dealkylation sites (tertiary alicyclic amines) is 1. The van der Waals surface area contributed by atoms with Crippen LogP contribution in [0, 0.1) is 0 Å². The third-order valence-corrected chi connectivity index (χ3v) is 4.14. The van der Waals surface area contributed by atoms with Crippen molar-refractivity contribution in [3.8, 4) is 0 Å². The van der Waals surface area contributed by atoms with Gasteiger partial charge in [0.05, 0.1) is 17.4 Å². The van der Waals surface area contributed by atoms with Gasteiger partial charge in [0.25, 0.3) is 0 Å². The second-order valence-electron chi connectivity index (χ2n) is 5.94. The van der Waals surface area contributed by atoms with Crippen molar-refractivity contribution in [1.29, 1.82) is 0 Å². The number of hydrogen-bond acceptors (Lipinski definition) is 3. The Morgan fingerprint density at radius 2 is 1.91 bits per heavy atom. The zero-order chi connectivity index (χ0) is 16.6. The molecular formula is C16H18F3N3O. The number of rotatable bonds is 3. The molecule has 1 aliphatic heterocycles. The van der Waals surface area contributed by atoms with Crippen molar-refractivity contribution < 1.29 is 18.3 Å². The van der Waals surface area contributed by atoms with Crippen LogP contribution in [0.3, 0.4) is 0 Å². The Hall–Kier alpha value is -1.86. The number of alkyl halides is 3. The molecule has 23 heavy (non-hydrogen) atoms. The Labute approximate surface area is 132 Å². The van der Waals surface area contributed by atoms with E-state index in [1.54, 1.807) is 4.68 Å². The fourth-order valence-electron chi connectivity index (χ4n) is 3.05. The van der Waals surface area contributed by atoms with Gasteiger partial charge in [-0.25, -0.2) is 0 Å². The topological polar surface area (TPSA) is 41.3 Å². The molecule has 1 saturated heterocycles. The molecule has 0 aliphatic carbocycles. The minimum absolute atomic E-state index is 0.103. The van der Waals surface area contributed by atoms with Crippen LogP contribution in [-0.4, -0.2) is 32.4 Å². The van der Waals surface area contributed by atoms with Crippen molar-refractivity contribution >= 4 is 0 Å². The van der Waals surface area contributed by atoms with Crippen LogP contribution in [-0.2, 0) is 19.8 Å². The third kappa shape index (κ3) is 3.56. The van der Waals surface area contributed by atoms with Crippen molar-refractivity contribution in [2.24, 2.45) is 7.05 Å². The second-order valence-corrected chi connectivity index (χ2v) is 5.94. The molecule has 7 heteroatoms. The van der Waals surface area contributed by atoms with Gasteiger partial charge in [-0.2, -0.15) is 18.3 Å². The van der Waals surface area contributed by atoms with Crippen LogP contribution < -0.4 is 0 Å². The van der Waals surface area contributed by atoms with Gasteiger partial charge in [0.1, 0.15) is 0 Å². The van der Waals surface area contributed by atoms with Gasteiger partial charge in [-0.15, -0.1) is 0 Å². The van der Waals surface area contributed by atoms with Crippen LogP contribution in [0.25, 0.3) is 0 Å². The van der Waals surface area contributed by atoms with Gasteiger partial charge in [-0.3, -0.25) is 9.58 Å². The number of nitrogens with zero attached hydrogens (tertiary/aromatic N) is 3. The van der Waals surface area contributed by atoms with E-state index in [2.05, 4.69) is 10.00 Å². The van der Waals surface area contributed by atoms with Crippen LogP contribution in [0.5, 0.6) is 0 Å². The van der Waals surface area contributed by atoms with E-state index in [9.17, 15) is 18.3 Å². The number of aliphatic hydroxyl groups is 1. The molecule has 2 heterocycles. The average molecular weight is 325 g/mol. The first-order valence-electron chi connectivity index (χ1n) is 7.41. The molecule has 0 amide bonds. The summed E-state index contributed by atoms with van der Waals surface area (Å²) in [6.45, 7) is 1.05. The Kier molecular flexibility index (Phi) is 4.16. The second kappa shape index (κ2) is 5.98. The molecule has 1 aromatic heterocycles. The Bertz CT molecular complexity index is 666. The highest BCUT2D eigenvalue weighted by Crippen LogP contribution is 2.35. The standard InChI is InChI=1S/C16H18F3N3O/c1-21-7-6-13(20-21)9-22-10-14(23)8-15(22)11-2-4-12(5-3-11)16(17,18)19/h2-7,14-15,23H,8-10H2,1H3/t14-,15+/m0/s1. The van der Waals surface area contributed by atoms with E-state index in [0.29, 0.717) is 19.5 Å². The van der Waals surface area contributed by atoms with E-state index in [4.69, 9.17) is 0 Å². The molecule has 1 fully saturated rings. The predicted octanol–water partition coefficient (Wildman–Crippen LogP) is 2.75. The lowest BCUT2D eigenvalue weighted by molar-refractivity contribution is -0.137. The van der Waals surface area contributed by atoms with Gasteiger partial charge in [0.2, 0.25) is 0 Å². The first kappa shape index (κ1) is 16.0. The molecule has 0 bridgehead atoms. The van der Waals surface area contributed by atoms with Crippen molar-refractivity contribution in [2.45, 2.75) is 31.3 Å². The van der Waals surface area contributed by atoms with Crippen molar-refractivity contribution in [2.75, 3.05) is 6.54 Å². The lowest BCUT2D eigenvalue weighted by Gasteiger charge is -2.24. The third-order valence-electron chi connectivity index (χ3n) is 4.14. The molecule has 2 aromatic rings. The fourth-order valence-corrected chi connectivity index (χ4v) is 3.05. The summed E-state index contributed by atoms with van der Waals surface area (Å²) >= 11 is 0. The summed E-state index contributed by atoms with van der Waals surface area (Å²) in [6.07, 6.45) is -2.46. The number of aryl methyl sites for hydroxylation is 1. The zero-order valence-corrected chi connectivity index (χ0v) is 12.7. The normalized spacial score (nSPS) is 22.7. The quantitative estimate of drug-likeness (QED) is 0.943. The van der Waals surface area contributed by atoms with Gasteiger partial charge in [0.15, 0.2) is 0 Å². The SMILES string of the molecule is Cn1ccc(CN2C[C@@H](O)C[C@@H]2c2ccc(C(F)(F)F)cc2)n1. The van der Waals surface area contributed by atoms with Gasteiger partial charge in [0, 0.05) is 32.4 Å². The number of hydrogen-bond donors (Lipinski definition) is 1. The van der Waals surface area contributed by atoms with E-state index >= 15 is 0 Å². The summed E-state index contributed by atoms with van der Waals surface area (Å²) in [4.78, 5) is 2.05. The molecule has 1 aliphatic rings. The van der Waals surface area contributed by atoms with Crippen LogP contribution in [0.2, 0.25) is 0 Å². The summed E-state index contributed by atoms with van der Waals surface area (Å²) < 4.78 is 39.7. The lowest BCUT2D eigenvalue weighted by Crippen LogP contribution is -2.24. The minimum atomic E-state index is -4.33. The van der Waals surface area contributed by atoms with E-state index in [1.807, 2.05) is 19.3 Å². The van der Waals surface area contributed by atoms with Crippen molar-refractivity contribution in [3.05, 3.63) is 53.3 Å². The molecule has 0 spiro atoms. The van der Waals surface area contributed by atoms with Gasteiger partial charge in [-0.1, -0.05) is 12.1 Å². The van der Waals surface area contributed by atoms with Crippen LogP contribution in [0.1, 0.15) is 29.3 Å². The monoisotopic (exact) mass is 325 g/mol. The Balaban J connectivity index is 1.79. The van der Waals surface area contributed by atoms with Gasteiger partial charge < -0.3 is 5.11 Å². The van der Waals surface area contributed by atoms with Gasteiger partial charge >= 0.3 is 6.18 Å². The summed E-state index contributed by atoms with van der Waals surface area (Å²) in [6, 6.07) is 6.98. The maximum atomic E-state index is 12.7. The summed E-state index contributed by atoms with van der Waals surface area (Å²) in [5.41, 5.74) is 1.00. The number of benzene rings is 1. The van der Waals surface area contributed by atoms with Crippen molar-refractivity contribution in [1.82, 2.24) is 14.7 Å². The number of aliphatic hydroxyl groups excluding tert-OH is 1. The van der Waals surface area contributed by atoms with Crippen LogP contribution in [0.4, 0.5) is 13.2 Å². The van der Waals surface area contributed by atoms with Gasteiger partial charge in [-0.05, 0) is 30.2 Å². The number of aromatic nitrogens is 2. The van der Waals surface area contributed by atoms with E-state index in [0.717, 1.165) is 23.4 Å². The molecule has 1 N–H and O–H groups in total. The average Bonchev–Trinajstić information content (AvgIpc) is 3.04. The minimum Gasteiger partial charge on any atom is -0.392 e. The first-order chi connectivity index (χ1) is 10.8. The maximum absolute atomic E-state index is 12.7. The molecule has 3 rings (SSSR count). The van der Waals surface area contributed by atoms with E-state index < -0.39 is 17.8 Å². The molecule has 0 radical (unpaired) electrons. The molecule has 1 aromatic carbocycles. The zero-order valence-electron chi connectivity index (χ0n) is 12.7. The van der Waals surface area contributed by atoms with Crippen molar-refractivity contribution in [3.63, 3.8) is 0 Å². The summed E-state index contributed by atoms with van der Waals surface area (Å²) in [7, 11) is 1.83. The maximum Gasteiger partial charge on any atom is 0.416 e. The lowest BCUT2D eigenvalue weighted by atomic mass is 10.0. The first-order valence-corrected chi connectivity index (χ1v) is 7.41. The molecule has 0 unspecified atom stereocenters. The highest BCUT2D eigenvalue weighted by atomic mass is 19.4. The highest BCUT2D eigenvalue weighted by molar-refractivity contribution is 5.28.